The van der Waals surface area contributed by atoms with E-state index < -0.39 is 17.5 Å². The van der Waals surface area contributed by atoms with Crippen molar-refractivity contribution < 1.29 is 14.4 Å². The number of imide groups is 1. The molecule has 2 heterocycles. The SMILES string of the molecule is CCC1(c2ccccc2)NC(=O)N(CC(=O)c2c(C)[nH]c3ccccc23)C1=O. The van der Waals surface area contributed by atoms with Gasteiger partial charge < -0.3 is 10.3 Å². The Kier molecular flexibility index (Phi) is 4.26. The molecular formula is C22H21N3O3. The summed E-state index contributed by atoms with van der Waals surface area (Å²) >= 11 is 0. The lowest BCUT2D eigenvalue weighted by molar-refractivity contribution is -0.131. The highest BCUT2D eigenvalue weighted by molar-refractivity contribution is 6.15. The number of fused-ring (bicyclic) bond motifs is 1. The average molecular weight is 375 g/mol. The molecule has 1 aliphatic rings. The molecule has 1 unspecified atom stereocenters. The smallest absolute Gasteiger partial charge is 0.325 e. The Balaban J connectivity index is 1.67. The first-order chi connectivity index (χ1) is 13.5. The zero-order valence-electron chi connectivity index (χ0n) is 15.8. The number of aromatic nitrogens is 1. The van der Waals surface area contributed by atoms with E-state index in [-0.39, 0.29) is 12.3 Å². The van der Waals surface area contributed by atoms with Gasteiger partial charge in [0, 0.05) is 22.2 Å². The van der Waals surface area contributed by atoms with E-state index in [1.165, 1.54) is 0 Å². The predicted molar refractivity (Wildman–Crippen MR) is 106 cm³/mol. The molecule has 6 nitrogen and oxygen atoms in total. The largest absolute Gasteiger partial charge is 0.358 e. The summed E-state index contributed by atoms with van der Waals surface area (Å²) in [6.07, 6.45) is 0.401. The Morgan fingerprint density at radius 3 is 2.43 bits per heavy atom. The van der Waals surface area contributed by atoms with Crippen LogP contribution in [0.15, 0.2) is 54.6 Å². The molecule has 1 aliphatic heterocycles. The molecule has 4 rings (SSSR count). The third-order valence-corrected chi connectivity index (χ3v) is 5.45. The zero-order chi connectivity index (χ0) is 19.9. The molecule has 28 heavy (non-hydrogen) atoms. The molecule has 0 saturated carbocycles. The second-order valence-corrected chi connectivity index (χ2v) is 7.04. The Hall–Kier alpha value is -3.41. The summed E-state index contributed by atoms with van der Waals surface area (Å²) in [5.41, 5.74) is 1.68. The van der Waals surface area contributed by atoms with Crippen molar-refractivity contribution in [2.24, 2.45) is 0 Å². The highest BCUT2D eigenvalue weighted by atomic mass is 16.2. The van der Waals surface area contributed by atoms with E-state index in [2.05, 4.69) is 10.3 Å². The maximum absolute atomic E-state index is 13.2. The van der Waals surface area contributed by atoms with E-state index in [9.17, 15) is 14.4 Å². The van der Waals surface area contributed by atoms with Crippen LogP contribution >= 0.6 is 0 Å². The normalized spacial score (nSPS) is 19.3. The number of amides is 3. The first-order valence-corrected chi connectivity index (χ1v) is 9.28. The maximum atomic E-state index is 13.2. The first kappa shape index (κ1) is 18.0. The van der Waals surface area contributed by atoms with Gasteiger partial charge in [-0.05, 0) is 25.0 Å². The molecule has 142 valence electrons. The number of hydrogen-bond donors (Lipinski definition) is 2. The maximum Gasteiger partial charge on any atom is 0.325 e. The number of nitrogens with zero attached hydrogens (tertiary/aromatic N) is 1. The predicted octanol–water partition coefficient (Wildman–Crippen LogP) is 3.52. The van der Waals surface area contributed by atoms with E-state index in [4.69, 9.17) is 0 Å². The lowest BCUT2D eigenvalue weighted by Gasteiger charge is -2.25. The van der Waals surface area contributed by atoms with E-state index in [1.807, 2.05) is 68.4 Å². The number of benzene rings is 2. The number of aromatic amines is 1. The van der Waals surface area contributed by atoms with Gasteiger partial charge in [-0.25, -0.2) is 4.79 Å². The van der Waals surface area contributed by atoms with E-state index in [0.717, 1.165) is 21.5 Å². The quantitative estimate of drug-likeness (QED) is 0.529. The van der Waals surface area contributed by atoms with Crippen molar-refractivity contribution in [2.45, 2.75) is 25.8 Å². The zero-order valence-corrected chi connectivity index (χ0v) is 15.8. The summed E-state index contributed by atoms with van der Waals surface area (Å²) in [7, 11) is 0. The van der Waals surface area contributed by atoms with Crippen LogP contribution in [0.1, 0.15) is 35.0 Å². The van der Waals surface area contributed by atoms with Gasteiger partial charge in [-0.15, -0.1) is 0 Å². The Bertz CT molecular complexity index is 1090. The van der Waals surface area contributed by atoms with Crippen LogP contribution in [0.3, 0.4) is 0 Å². The molecule has 6 heteroatoms. The second-order valence-electron chi connectivity index (χ2n) is 7.04. The first-order valence-electron chi connectivity index (χ1n) is 9.28. The van der Waals surface area contributed by atoms with Gasteiger partial charge in [0.05, 0.1) is 6.54 Å². The minimum atomic E-state index is -1.13. The van der Waals surface area contributed by atoms with Crippen LogP contribution in [0, 0.1) is 6.92 Å². The third kappa shape index (κ3) is 2.60. The molecule has 0 bridgehead atoms. The van der Waals surface area contributed by atoms with Crippen molar-refractivity contribution >= 4 is 28.6 Å². The molecular weight excluding hydrogens is 354 g/mol. The van der Waals surface area contributed by atoms with Crippen LogP contribution in [0.5, 0.6) is 0 Å². The Labute approximate surface area is 162 Å². The molecule has 0 aliphatic carbocycles. The molecule has 1 atom stereocenters. The Morgan fingerprint density at radius 1 is 1.04 bits per heavy atom. The van der Waals surface area contributed by atoms with Gasteiger partial charge in [0.25, 0.3) is 5.91 Å². The summed E-state index contributed by atoms with van der Waals surface area (Å²) in [5.74, 6) is -0.657. The number of nitrogens with one attached hydrogen (secondary N) is 2. The number of carbonyl (C=O) groups excluding carboxylic acids is 3. The van der Waals surface area contributed by atoms with Crippen LogP contribution in [-0.4, -0.2) is 34.2 Å². The number of H-pyrrole nitrogens is 1. The lowest BCUT2D eigenvalue weighted by atomic mass is 9.87. The van der Waals surface area contributed by atoms with Gasteiger partial charge >= 0.3 is 6.03 Å². The number of carbonyl (C=O) groups is 3. The number of urea groups is 1. The molecule has 0 spiro atoms. The molecule has 3 amide bonds. The number of hydrogen-bond acceptors (Lipinski definition) is 3. The molecule has 1 aromatic heterocycles. The van der Waals surface area contributed by atoms with Crippen molar-refractivity contribution in [1.29, 1.82) is 0 Å². The molecule has 1 saturated heterocycles. The van der Waals surface area contributed by atoms with Crippen LogP contribution in [0.4, 0.5) is 4.79 Å². The lowest BCUT2D eigenvalue weighted by Crippen LogP contribution is -2.43. The van der Waals surface area contributed by atoms with Gasteiger partial charge in [0.15, 0.2) is 5.78 Å². The van der Waals surface area contributed by atoms with E-state index >= 15 is 0 Å². The fourth-order valence-corrected chi connectivity index (χ4v) is 3.99. The number of ketones is 1. The highest BCUT2D eigenvalue weighted by Gasteiger charge is 2.51. The number of aryl methyl sites for hydroxylation is 1. The summed E-state index contributed by atoms with van der Waals surface area (Å²) < 4.78 is 0. The number of rotatable bonds is 5. The van der Waals surface area contributed by atoms with Gasteiger partial charge in [-0.1, -0.05) is 55.5 Å². The van der Waals surface area contributed by atoms with Crippen LogP contribution in [0.2, 0.25) is 0 Å². The van der Waals surface area contributed by atoms with Gasteiger partial charge in [0.2, 0.25) is 0 Å². The fourth-order valence-electron chi connectivity index (χ4n) is 3.99. The summed E-state index contributed by atoms with van der Waals surface area (Å²) in [6.45, 7) is 3.38. The Morgan fingerprint density at radius 2 is 1.71 bits per heavy atom. The number of Topliss-reactive ketones (excluding diaryl/α,β-unsaturated/α-hetero) is 1. The van der Waals surface area contributed by atoms with Crippen molar-refractivity contribution in [3.8, 4) is 0 Å². The summed E-state index contributed by atoms with van der Waals surface area (Å²) in [6, 6.07) is 16.1. The minimum Gasteiger partial charge on any atom is -0.358 e. The topological polar surface area (TPSA) is 82.3 Å². The summed E-state index contributed by atoms with van der Waals surface area (Å²) in [4.78, 5) is 43.1. The van der Waals surface area contributed by atoms with Crippen LogP contribution in [-0.2, 0) is 10.3 Å². The molecule has 0 radical (unpaired) electrons. The fraction of sp³-hybridized carbons (Fsp3) is 0.227. The second kappa shape index (κ2) is 6.64. The van der Waals surface area contributed by atoms with Gasteiger partial charge in [-0.3, -0.25) is 14.5 Å². The monoisotopic (exact) mass is 375 g/mol. The van der Waals surface area contributed by atoms with Crippen molar-refractivity contribution in [1.82, 2.24) is 15.2 Å². The average Bonchev–Trinajstić information content (AvgIpc) is 3.17. The van der Waals surface area contributed by atoms with Crippen LogP contribution < -0.4 is 5.32 Å². The molecule has 2 aromatic carbocycles. The standard InChI is InChI=1S/C22H21N3O3/c1-3-22(15-9-5-4-6-10-15)20(27)25(21(28)24-22)13-18(26)19-14(2)23-17-12-8-7-11-16(17)19/h4-12,23H,3,13H2,1-2H3,(H,24,28). The van der Waals surface area contributed by atoms with E-state index in [0.29, 0.717) is 17.5 Å². The minimum absolute atomic E-state index is 0.265. The van der Waals surface area contributed by atoms with Crippen molar-refractivity contribution in [3.63, 3.8) is 0 Å². The van der Waals surface area contributed by atoms with Gasteiger partial charge in [-0.2, -0.15) is 0 Å². The highest BCUT2D eigenvalue weighted by Crippen LogP contribution is 2.33. The molecule has 3 aromatic rings. The van der Waals surface area contributed by atoms with Crippen LogP contribution in [0.25, 0.3) is 10.9 Å². The van der Waals surface area contributed by atoms with Gasteiger partial charge in [0.1, 0.15) is 5.54 Å². The third-order valence-electron chi connectivity index (χ3n) is 5.45. The van der Waals surface area contributed by atoms with E-state index in [1.54, 1.807) is 0 Å². The van der Waals surface area contributed by atoms with Crippen molar-refractivity contribution in [3.05, 3.63) is 71.4 Å². The number of para-hydroxylation sites is 1. The summed E-state index contributed by atoms with van der Waals surface area (Å²) in [5, 5.41) is 3.61. The van der Waals surface area contributed by atoms with Crippen molar-refractivity contribution in [2.75, 3.05) is 6.54 Å². The molecule has 1 fully saturated rings. The molecule has 2 N–H and O–H groups in total.